The van der Waals surface area contributed by atoms with Crippen LogP contribution in [-0.2, 0) is 13.0 Å². The number of hydrogen-bond acceptors (Lipinski definition) is 3. The van der Waals surface area contributed by atoms with Gasteiger partial charge in [-0.05, 0) is 37.9 Å². The first kappa shape index (κ1) is 14.3. The fourth-order valence-electron chi connectivity index (χ4n) is 2.92. The lowest BCUT2D eigenvalue weighted by molar-refractivity contribution is 0.286. The number of hydrogen-bond donors (Lipinski definition) is 1. The number of fused-ring (bicyclic) bond motifs is 1. The lowest BCUT2D eigenvalue weighted by Gasteiger charge is -2.26. The molecule has 1 aliphatic carbocycles. The Morgan fingerprint density at radius 1 is 1.37 bits per heavy atom. The van der Waals surface area contributed by atoms with E-state index in [9.17, 15) is 4.79 Å². The minimum absolute atomic E-state index is 0.101. The van der Waals surface area contributed by atoms with Crippen molar-refractivity contribution in [2.45, 2.75) is 45.7 Å². The molecule has 106 valence electrons. The van der Waals surface area contributed by atoms with Crippen LogP contribution in [0, 0.1) is 0 Å². The quantitative estimate of drug-likeness (QED) is 0.876. The SMILES string of the molecule is CCN(CC)CCn1c2c(ccc1=O)C(N)CCC2. The summed E-state index contributed by atoms with van der Waals surface area (Å²) in [6.07, 6.45) is 3.10. The van der Waals surface area contributed by atoms with Crippen LogP contribution in [0.1, 0.15) is 44.0 Å². The van der Waals surface area contributed by atoms with E-state index in [4.69, 9.17) is 5.73 Å². The zero-order valence-electron chi connectivity index (χ0n) is 12.1. The van der Waals surface area contributed by atoms with Crippen LogP contribution < -0.4 is 11.3 Å². The number of pyridine rings is 1. The molecule has 0 bridgehead atoms. The molecule has 0 saturated heterocycles. The van der Waals surface area contributed by atoms with Crippen molar-refractivity contribution in [2.75, 3.05) is 19.6 Å². The molecule has 2 rings (SSSR count). The Morgan fingerprint density at radius 2 is 2.11 bits per heavy atom. The number of aromatic nitrogens is 1. The zero-order valence-corrected chi connectivity index (χ0v) is 12.1. The number of rotatable bonds is 5. The molecule has 0 radical (unpaired) electrons. The Balaban J connectivity index is 2.24. The summed E-state index contributed by atoms with van der Waals surface area (Å²) >= 11 is 0. The monoisotopic (exact) mass is 263 g/mol. The summed E-state index contributed by atoms with van der Waals surface area (Å²) in [4.78, 5) is 14.4. The summed E-state index contributed by atoms with van der Waals surface area (Å²) in [6.45, 7) is 8.07. The minimum atomic E-state index is 0.101. The van der Waals surface area contributed by atoms with Gasteiger partial charge in [0.2, 0.25) is 0 Å². The molecule has 0 spiro atoms. The third-order valence-electron chi connectivity index (χ3n) is 4.19. The summed E-state index contributed by atoms with van der Waals surface area (Å²) in [5.74, 6) is 0. The van der Waals surface area contributed by atoms with Crippen LogP contribution in [0.25, 0.3) is 0 Å². The van der Waals surface area contributed by atoms with Gasteiger partial charge in [-0.2, -0.15) is 0 Å². The Morgan fingerprint density at radius 3 is 2.79 bits per heavy atom. The predicted octanol–water partition coefficient (Wildman–Crippen LogP) is 1.53. The third-order valence-corrected chi connectivity index (χ3v) is 4.19. The van der Waals surface area contributed by atoms with Gasteiger partial charge in [0.15, 0.2) is 0 Å². The van der Waals surface area contributed by atoms with Crippen molar-refractivity contribution in [3.05, 3.63) is 33.7 Å². The van der Waals surface area contributed by atoms with Crippen LogP contribution in [0.15, 0.2) is 16.9 Å². The largest absolute Gasteiger partial charge is 0.324 e. The van der Waals surface area contributed by atoms with Crippen molar-refractivity contribution in [3.8, 4) is 0 Å². The second-order valence-corrected chi connectivity index (χ2v) is 5.25. The average Bonchev–Trinajstić information content (AvgIpc) is 2.42. The molecule has 0 amide bonds. The van der Waals surface area contributed by atoms with Crippen LogP contribution in [0.3, 0.4) is 0 Å². The molecule has 4 heteroatoms. The van der Waals surface area contributed by atoms with Crippen LogP contribution in [-0.4, -0.2) is 29.1 Å². The van der Waals surface area contributed by atoms with E-state index in [1.54, 1.807) is 6.07 Å². The van der Waals surface area contributed by atoms with Crippen molar-refractivity contribution in [2.24, 2.45) is 5.73 Å². The molecule has 1 aromatic heterocycles. The van der Waals surface area contributed by atoms with E-state index in [1.807, 2.05) is 10.6 Å². The normalized spacial score (nSPS) is 18.6. The smallest absolute Gasteiger partial charge is 0.250 e. The van der Waals surface area contributed by atoms with Crippen LogP contribution in [0.5, 0.6) is 0 Å². The first-order chi connectivity index (χ1) is 9.17. The van der Waals surface area contributed by atoms with Crippen molar-refractivity contribution in [1.29, 1.82) is 0 Å². The minimum Gasteiger partial charge on any atom is -0.324 e. The van der Waals surface area contributed by atoms with E-state index < -0.39 is 0 Å². The van der Waals surface area contributed by atoms with Gasteiger partial charge in [0, 0.05) is 30.9 Å². The molecule has 0 aliphatic heterocycles. The topological polar surface area (TPSA) is 51.3 Å². The Bertz CT molecular complexity index is 477. The van der Waals surface area contributed by atoms with Gasteiger partial charge in [-0.15, -0.1) is 0 Å². The third kappa shape index (κ3) is 3.07. The second-order valence-electron chi connectivity index (χ2n) is 5.25. The van der Waals surface area contributed by atoms with Crippen molar-refractivity contribution >= 4 is 0 Å². The number of likely N-dealkylation sites (N-methyl/N-ethyl adjacent to an activating group) is 1. The summed E-state index contributed by atoms with van der Waals surface area (Å²) in [6, 6.07) is 3.70. The van der Waals surface area contributed by atoms with E-state index in [0.717, 1.165) is 45.4 Å². The molecule has 1 heterocycles. The molecule has 1 aliphatic rings. The maximum absolute atomic E-state index is 12.1. The second kappa shape index (κ2) is 6.35. The molecule has 0 aromatic carbocycles. The van der Waals surface area contributed by atoms with E-state index in [0.29, 0.717) is 0 Å². The van der Waals surface area contributed by atoms with Crippen molar-refractivity contribution in [3.63, 3.8) is 0 Å². The maximum Gasteiger partial charge on any atom is 0.250 e. The van der Waals surface area contributed by atoms with Gasteiger partial charge in [0.1, 0.15) is 0 Å². The number of nitrogens with zero attached hydrogens (tertiary/aromatic N) is 2. The van der Waals surface area contributed by atoms with Gasteiger partial charge in [0.05, 0.1) is 0 Å². The lowest BCUT2D eigenvalue weighted by Crippen LogP contribution is -2.34. The highest BCUT2D eigenvalue weighted by atomic mass is 16.1. The first-order valence-electron chi connectivity index (χ1n) is 7.37. The molecular formula is C15H25N3O. The summed E-state index contributed by atoms with van der Waals surface area (Å²) in [5, 5.41) is 0. The van der Waals surface area contributed by atoms with Crippen LogP contribution >= 0.6 is 0 Å². The van der Waals surface area contributed by atoms with Crippen molar-refractivity contribution in [1.82, 2.24) is 9.47 Å². The highest BCUT2D eigenvalue weighted by Crippen LogP contribution is 2.26. The van der Waals surface area contributed by atoms with Gasteiger partial charge >= 0.3 is 0 Å². The zero-order chi connectivity index (χ0) is 13.8. The van der Waals surface area contributed by atoms with Crippen LogP contribution in [0.2, 0.25) is 0 Å². The van der Waals surface area contributed by atoms with Crippen LogP contribution in [0.4, 0.5) is 0 Å². The lowest BCUT2D eigenvalue weighted by atomic mass is 9.91. The van der Waals surface area contributed by atoms with Gasteiger partial charge < -0.3 is 15.2 Å². The predicted molar refractivity (Wildman–Crippen MR) is 78.4 cm³/mol. The van der Waals surface area contributed by atoms with E-state index in [1.165, 1.54) is 11.3 Å². The van der Waals surface area contributed by atoms with E-state index >= 15 is 0 Å². The fourth-order valence-corrected chi connectivity index (χ4v) is 2.92. The maximum atomic E-state index is 12.1. The molecule has 4 nitrogen and oxygen atoms in total. The van der Waals surface area contributed by atoms with Gasteiger partial charge in [-0.3, -0.25) is 4.79 Å². The molecule has 1 unspecified atom stereocenters. The van der Waals surface area contributed by atoms with E-state index in [-0.39, 0.29) is 11.6 Å². The molecular weight excluding hydrogens is 238 g/mol. The summed E-state index contributed by atoms with van der Waals surface area (Å²) in [5.41, 5.74) is 8.60. The molecule has 0 fully saturated rings. The molecule has 19 heavy (non-hydrogen) atoms. The first-order valence-corrected chi connectivity index (χ1v) is 7.37. The standard InChI is InChI=1S/C15H25N3O/c1-3-17(4-2)10-11-18-14-7-5-6-13(16)12(14)8-9-15(18)19/h8-9,13H,3-7,10-11,16H2,1-2H3. The Kier molecular flexibility index (Phi) is 4.77. The van der Waals surface area contributed by atoms with Gasteiger partial charge in [-0.1, -0.05) is 19.9 Å². The number of nitrogens with two attached hydrogens (primary N) is 1. The molecule has 1 aromatic rings. The Hall–Kier alpha value is -1.13. The van der Waals surface area contributed by atoms with Gasteiger partial charge in [-0.25, -0.2) is 0 Å². The van der Waals surface area contributed by atoms with Gasteiger partial charge in [0.25, 0.3) is 5.56 Å². The summed E-state index contributed by atoms with van der Waals surface area (Å²) in [7, 11) is 0. The van der Waals surface area contributed by atoms with E-state index in [2.05, 4.69) is 18.7 Å². The molecule has 2 N–H and O–H groups in total. The Labute approximate surface area is 115 Å². The average molecular weight is 263 g/mol. The van der Waals surface area contributed by atoms with Crippen molar-refractivity contribution < 1.29 is 0 Å². The highest BCUT2D eigenvalue weighted by Gasteiger charge is 2.20. The highest BCUT2D eigenvalue weighted by molar-refractivity contribution is 5.27. The summed E-state index contributed by atoms with van der Waals surface area (Å²) < 4.78 is 1.94. The molecule has 1 atom stereocenters. The molecule has 0 saturated carbocycles. The fraction of sp³-hybridized carbons (Fsp3) is 0.667.